The van der Waals surface area contributed by atoms with E-state index in [-0.39, 0.29) is 37.5 Å². The van der Waals surface area contributed by atoms with Crippen molar-refractivity contribution in [2.75, 3.05) is 13.2 Å². The molecule has 0 N–H and O–H groups in total. The Hall–Kier alpha value is -4.19. The van der Waals surface area contributed by atoms with Crippen molar-refractivity contribution in [3.8, 4) is 0 Å². The van der Waals surface area contributed by atoms with Crippen molar-refractivity contribution in [3.05, 3.63) is 122 Å². The molecule has 0 aromatic carbocycles. The molecule has 0 fully saturated rings. The molecule has 0 unspecified atom stereocenters. The lowest BCUT2D eigenvalue weighted by molar-refractivity contribution is -0.167. The Morgan fingerprint density at radius 3 is 0.903 bits per heavy atom. The van der Waals surface area contributed by atoms with Gasteiger partial charge in [0.15, 0.2) is 6.10 Å². The number of hydrogen-bond acceptors (Lipinski definition) is 6. The van der Waals surface area contributed by atoms with Gasteiger partial charge in [-0.2, -0.15) is 0 Å². The summed E-state index contributed by atoms with van der Waals surface area (Å²) in [4.78, 5) is 38.2. The zero-order valence-electron chi connectivity index (χ0n) is 46.7. The highest BCUT2D eigenvalue weighted by molar-refractivity contribution is 5.71. The van der Waals surface area contributed by atoms with Crippen molar-refractivity contribution < 1.29 is 28.6 Å². The molecular formula is C66H108O6. The van der Waals surface area contributed by atoms with Crippen molar-refractivity contribution in [2.45, 2.75) is 264 Å². The largest absolute Gasteiger partial charge is 0.462 e. The predicted molar refractivity (Wildman–Crippen MR) is 311 cm³/mol. The molecule has 0 aliphatic carbocycles. The molecule has 1 atom stereocenters. The smallest absolute Gasteiger partial charge is 0.306 e. The molecule has 0 bridgehead atoms. The fourth-order valence-corrected chi connectivity index (χ4v) is 7.86. The second kappa shape index (κ2) is 59.4. The van der Waals surface area contributed by atoms with E-state index in [1.54, 1.807) is 0 Å². The van der Waals surface area contributed by atoms with Crippen LogP contribution in [0.1, 0.15) is 258 Å². The summed E-state index contributed by atoms with van der Waals surface area (Å²) in [6, 6.07) is 0. The number of esters is 3. The average molecular weight is 998 g/mol. The molecule has 408 valence electrons. The van der Waals surface area contributed by atoms with Crippen LogP contribution in [0.25, 0.3) is 0 Å². The van der Waals surface area contributed by atoms with E-state index in [4.69, 9.17) is 14.2 Å². The number of carbonyl (C=O) groups is 3. The monoisotopic (exact) mass is 997 g/mol. The van der Waals surface area contributed by atoms with Gasteiger partial charge in [-0.25, -0.2) is 0 Å². The molecule has 0 saturated carbocycles. The van der Waals surface area contributed by atoms with E-state index in [0.717, 1.165) is 116 Å². The fraction of sp³-hybridized carbons (Fsp3) is 0.652. The van der Waals surface area contributed by atoms with E-state index in [0.29, 0.717) is 19.3 Å². The Bertz CT molecular complexity index is 1520. The highest BCUT2D eigenvalue weighted by Gasteiger charge is 2.19. The van der Waals surface area contributed by atoms with Crippen LogP contribution in [-0.2, 0) is 28.6 Å². The molecule has 0 radical (unpaired) electrons. The van der Waals surface area contributed by atoms with Gasteiger partial charge in [0.25, 0.3) is 0 Å². The minimum Gasteiger partial charge on any atom is -0.462 e. The minimum absolute atomic E-state index is 0.114. The Labute approximate surface area is 443 Å². The molecule has 0 aromatic rings. The minimum atomic E-state index is -0.817. The first-order valence-corrected chi connectivity index (χ1v) is 29.5. The lowest BCUT2D eigenvalue weighted by Gasteiger charge is -2.18. The maximum Gasteiger partial charge on any atom is 0.306 e. The molecule has 0 aliphatic heterocycles. The average Bonchev–Trinajstić information content (AvgIpc) is 3.38. The molecule has 0 saturated heterocycles. The van der Waals surface area contributed by atoms with Crippen LogP contribution in [0.4, 0.5) is 0 Å². The zero-order valence-corrected chi connectivity index (χ0v) is 46.7. The first kappa shape index (κ1) is 67.8. The summed E-state index contributed by atoms with van der Waals surface area (Å²) in [7, 11) is 0. The van der Waals surface area contributed by atoms with E-state index in [1.165, 1.54) is 96.3 Å². The summed E-state index contributed by atoms with van der Waals surface area (Å²) >= 11 is 0. The molecule has 72 heavy (non-hydrogen) atoms. The number of unbranched alkanes of at least 4 members (excludes halogenated alkanes) is 21. The predicted octanol–water partition coefficient (Wildman–Crippen LogP) is 20.0. The molecule has 0 aliphatic rings. The van der Waals surface area contributed by atoms with Crippen LogP contribution in [0.3, 0.4) is 0 Å². The van der Waals surface area contributed by atoms with Crippen LogP contribution >= 0.6 is 0 Å². The lowest BCUT2D eigenvalue weighted by Crippen LogP contribution is -2.30. The summed E-state index contributed by atoms with van der Waals surface area (Å²) in [5.74, 6) is -0.999. The summed E-state index contributed by atoms with van der Waals surface area (Å²) in [6.45, 7) is 6.35. The van der Waals surface area contributed by atoms with E-state index in [9.17, 15) is 14.4 Å². The molecule has 6 nitrogen and oxygen atoms in total. The standard InChI is InChI=1S/C66H108O6/c1-4-7-10-13-16-19-22-25-28-31-33-36-38-41-44-47-50-53-56-59-65(68)71-62-63(61-70-64(67)58-55-52-49-46-43-40-37-34-30-27-24-21-18-15-12-9-6-3)72-66(69)60-57-54-51-48-45-42-39-35-32-29-26-23-20-17-14-11-8-5-2/h7,9-10,12,16,18-19,21,25,27-28,30,33,36-37,40-41,44,46,49,63H,4-6,8,11,13-15,17,20,22-24,26,29,31-32,34-35,38-39,42-43,45,47-48,50-62H2,1-3H3/b10-7+,12-9+,19-16+,21-18+,28-25+,30-27+,36-33+,40-37+,44-41+,49-46+/t63-/m1/s1. The summed E-state index contributed by atoms with van der Waals surface area (Å²) in [5, 5.41) is 0. The van der Waals surface area contributed by atoms with Gasteiger partial charge in [0, 0.05) is 19.3 Å². The summed E-state index contributed by atoms with van der Waals surface area (Å²) in [5.41, 5.74) is 0. The molecule has 0 aromatic heterocycles. The van der Waals surface area contributed by atoms with Gasteiger partial charge in [0.1, 0.15) is 13.2 Å². The molecule has 6 heteroatoms. The van der Waals surface area contributed by atoms with E-state index in [1.807, 2.05) is 0 Å². The van der Waals surface area contributed by atoms with Crippen LogP contribution in [0.15, 0.2) is 122 Å². The highest BCUT2D eigenvalue weighted by atomic mass is 16.6. The molecule has 0 heterocycles. The zero-order chi connectivity index (χ0) is 52.2. The first-order chi connectivity index (χ1) is 35.5. The number of hydrogen-bond donors (Lipinski definition) is 0. The summed E-state index contributed by atoms with van der Waals surface area (Å²) in [6.07, 6.45) is 82.0. The van der Waals surface area contributed by atoms with E-state index < -0.39 is 6.10 Å². The number of ether oxygens (including phenoxy) is 3. The lowest BCUT2D eigenvalue weighted by atomic mass is 10.0. The van der Waals surface area contributed by atoms with Gasteiger partial charge in [0.2, 0.25) is 0 Å². The van der Waals surface area contributed by atoms with Gasteiger partial charge < -0.3 is 14.2 Å². The highest BCUT2D eigenvalue weighted by Crippen LogP contribution is 2.16. The van der Waals surface area contributed by atoms with Gasteiger partial charge in [-0.1, -0.05) is 258 Å². The van der Waals surface area contributed by atoms with Gasteiger partial charge >= 0.3 is 17.9 Å². The molecular weight excluding hydrogens is 889 g/mol. The van der Waals surface area contributed by atoms with Gasteiger partial charge in [0.05, 0.1) is 0 Å². The quantitative estimate of drug-likeness (QED) is 0.0261. The number of carbonyl (C=O) groups excluding carboxylic acids is 3. The maximum atomic E-state index is 12.9. The Balaban J connectivity index is 4.53. The van der Waals surface area contributed by atoms with Crippen LogP contribution < -0.4 is 0 Å². The van der Waals surface area contributed by atoms with Crippen LogP contribution in [0, 0.1) is 0 Å². The Morgan fingerprint density at radius 1 is 0.292 bits per heavy atom. The molecule has 0 amide bonds. The van der Waals surface area contributed by atoms with Crippen molar-refractivity contribution in [1.29, 1.82) is 0 Å². The normalized spacial score (nSPS) is 13.0. The third kappa shape index (κ3) is 56.7. The second-order valence-corrected chi connectivity index (χ2v) is 19.1. The number of allylic oxidation sites excluding steroid dienone is 20. The van der Waals surface area contributed by atoms with Crippen molar-refractivity contribution in [1.82, 2.24) is 0 Å². The summed E-state index contributed by atoms with van der Waals surface area (Å²) < 4.78 is 16.8. The van der Waals surface area contributed by atoms with Crippen LogP contribution in [0.2, 0.25) is 0 Å². The molecule has 0 rings (SSSR count). The van der Waals surface area contributed by atoms with E-state index in [2.05, 4.69) is 142 Å². The third-order valence-corrected chi connectivity index (χ3v) is 12.2. The van der Waals surface area contributed by atoms with Crippen LogP contribution in [-0.4, -0.2) is 37.2 Å². The van der Waals surface area contributed by atoms with Crippen molar-refractivity contribution >= 4 is 17.9 Å². The van der Waals surface area contributed by atoms with Gasteiger partial charge in [-0.3, -0.25) is 14.4 Å². The number of rotatable bonds is 52. The first-order valence-electron chi connectivity index (χ1n) is 29.5. The topological polar surface area (TPSA) is 78.9 Å². The Kier molecular flexibility index (Phi) is 55.9. The second-order valence-electron chi connectivity index (χ2n) is 19.1. The van der Waals surface area contributed by atoms with Gasteiger partial charge in [-0.15, -0.1) is 0 Å². The fourth-order valence-electron chi connectivity index (χ4n) is 7.86. The van der Waals surface area contributed by atoms with E-state index >= 15 is 0 Å². The molecule has 0 spiro atoms. The Morgan fingerprint density at radius 2 is 0.556 bits per heavy atom. The SMILES string of the molecule is CC/C=C/C/C=C/C/C=C/C/C=C/C/C=C/CCCCCC(=O)OC[C@@H](COC(=O)CCC/C=C/C/C=C/C/C=C/C/C=C/C/C=C/CC)OC(=O)CCCCCCCCCCCCCCCCCCCC. The van der Waals surface area contributed by atoms with Gasteiger partial charge in [-0.05, 0) is 103 Å². The van der Waals surface area contributed by atoms with Crippen molar-refractivity contribution in [3.63, 3.8) is 0 Å². The third-order valence-electron chi connectivity index (χ3n) is 12.2. The van der Waals surface area contributed by atoms with Crippen LogP contribution in [0.5, 0.6) is 0 Å². The maximum absolute atomic E-state index is 12.9. The van der Waals surface area contributed by atoms with Crippen molar-refractivity contribution in [2.24, 2.45) is 0 Å².